The molecule has 19 heteroatoms. The average molecular weight is 1230 g/mol. The van der Waals surface area contributed by atoms with Crippen LogP contribution in [0.4, 0.5) is 0 Å². The zero-order valence-corrected chi connectivity index (χ0v) is 55.3. The molecule has 0 aromatic carbocycles. The first-order valence-corrected chi connectivity index (χ1v) is 36.5. The van der Waals surface area contributed by atoms with E-state index in [0.717, 1.165) is 102 Å². The standard InChI is InChI=1S/C64H124O17P2/c1-7-10-12-14-15-16-17-18-19-20-24-29-35-41-47-62(67)75-53-60(81-63(68)48-42-36-30-25-22-21-23-28-34-39-45-57(6)9-3)55-79-83(72,73)77-51-58(65)50-76-82(70,71)78-54-59(52-74-61(66)46-40-32-13-11-8-2)80-64(69)49-43-37-31-26-27-33-38-44-56(4)5/h56-60,65H,7-55H2,1-6H3,(H,70,71)(H,72,73)/t57?,58-,59+,60+/m0/s1. The maximum absolute atomic E-state index is 13.0. The number of carbonyl (C=O) groups excluding carboxylic acids is 4. The molecule has 0 saturated carbocycles. The maximum Gasteiger partial charge on any atom is 0.472 e. The van der Waals surface area contributed by atoms with Crippen molar-refractivity contribution in [1.82, 2.24) is 0 Å². The van der Waals surface area contributed by atoms with Gasteiger partial charge in [-0.15, -0.1) is 0 Å². The van der Waals surface area contributed by atoms with Crippen molar-refractivity contribution in [2.24, 2.45) is 11.8 Å². The number of ether oxygens (including phenoxy) is 4. The Bertz CT molecular complexity index is 1630. The molecule has 0 aromatic rings. The van der Waals surface area contributed by atoms with Crippen LogP contribution < -0.4 is 0 Å². The Morgan fingerprint density at radius 2 is 0.614 bits per heavy atom. The van der Waals surface area contributed by atoms with Gasteiger partial charge in [-0.25, -0.2) is 9.13 Å². The molecule has 0 spiro atoms. The molecule has 0 saturated heterocycles. The van der Waals surface area contributed by atoms with Crippen molar-refractivity contribution in [1.29, 1.82) is 0 Å². The Labute approximate surface area is 505 Å². The number of hydrogen-bond donors (Lipinski definition) is 3. The highest BCUT2D eigenvalue weighted by molar-refractivity contribution is 7.47. The smallest absolute Gasteiger partial charge is 0.462 e. The fourth-order valence-electron chi connectivity index (χ4n) is 9.50. The number of hydrogen-bond acceptors (Lipinski definition) is 15. The Morgan fingerprint density at radius 3 is 0.916 bits per heavy atom. The summed E-state index contributed by atoms with van der Waals surface area (Å²) >= 11 is 0. The van der Waals surface area contributed by atoms with E-state index in [2.05, 4.69) is 41.5 Å². The van der Waals surface area contributed by atoms with E-state index in [0.29, 0.717) is 31.6 Å². The van der Waals surface area contributed by atoms with Crippen LogP contribution in [0.5, 0.6) is 0 Å². The van der Waals surface area contributed by atoms with Gasteiger partial charge in [0.2, 0.25) is 0 Å². The number of aliphatic hydroxyl groups excluding tert-OH is 1. The number of unbranched alkanes of at least 4 members (excludes halogenated alkanes) is 32. The lowest BCUT2D eigenvalue weighted by Crippen LogP contribution is -2.30. The molecule has 0 bridgehead atoms. The second-order valence-corrected chi connectivity index (χ2v) is 26.8. The summed E-state index contributed by atoms with van der Waals surface area (Å²) in [5, 5.41) is 10.5. The van der Waals surface area contributed by atoms with Crippen molar-refractivity contribution >= 4 is 39.5 Å². The summed E-state index contributed by atoms with van der Waals surface area (Å²) in [5.74, 6) is -0.646. The highest BCUT2D eigenvalue weighted by atomic mass is 31.2. The monoisotopic (exact) mass is 1230 g/mol. The van der Waals surface area contributed by atoms with Crippen LogP contribution in [0.2, 0.25) is 0 Å². The Hall–Kier alpha value is -1.94. The van der Waals surface area contributed by atoms with Crippen molar-refractivity contribution in [2.45, 2.75) is 336 Å². The quantitative estimate of drug-likeness (QED) is 0.0222. The van der Waals surface area contributed by atoms with Gasteiger partial charge in [-0.3, -0.25) is 37.3 Å². The third-order valence-electron chi connectivity index (χ3n) is 15.1. The Kier molecular flexibility index (Phi) is 55.2. The first-order chi connectivity index (χ1) is 39.9. The van der Waals surface area contributed by atoms with Crippen molar-refractivity contribution in [3.8, 4) is 0 Å². The minimum Gasteiger partial charge on any atom is -0.462 e. The minimum atomic E-state index is -4.94. The van der Waals surface area contributed by atoms with Crippen molar-refractivity contribution in [2.75, 3.05) is 39.6 Å². The van der Waals surface area contributed by atoms with Gasteiger partial charge in [0.05, 0.1) is 26.4 Å². The van der Waals surface area contributed by atoms with Gasteiger partial charge in [-0.1, -0.05) is 266 Å². The van der Waals surface area contributed by atoms with Crippen LogP contribution in [-0.4, -0.2) is 96.7 Å². The van der Waals surface area contributed by atoms with E-state index in [1.54, 1.807) is 0 Å². The van der Waals surface area contributed by atoms with Crippen LogP contribution in [0.3, 0.4) is 0 Å². The second kappa shape index (κ2) is 56.6. The predicted octanol–water partition coefficient (Wildman–Crippen LogP) is 17.7. The number of aliphatic hydroxyl groups is 1. The number of phosphoric acid groups is 2. The number of esters is 4. The van der Waals surface area contributed by atoms with E-state index in [4.69, 9.17) is 37.0 Å². The van der Waals surface area contributed by atoms with E-state index in [-0.39, 0.29) is 25.7 Å². The first-order valence-electron chi connectivity index (χ1n) is 33.5. The van der Waals surface area contributed by atoms with Crippen LogP contribution in [0, 0.1) is 11.8 Å². The molecule has 0 radical (unpaired) electrons. The van der Waals surface area contributed by atoms with Gasteiger partial charge in [0.1, 0.15) is 19.3 Å². The molecule has 0 fully saturated rings. The summed E-state index contributed by atoms with van der Waals surface area (Å²) in [6, 6.07) is 0. The number of rotatable bonds is 63. The van der Waals surface area contributed by atoms with Crippen LogP contribution in [0.1, 0.15) is 318 Å². The zero-order valence-electron chi connectivity index (χ0n) is 53.5. The van der Waals surface area contributed by atoms with E-state index >= 15 is 0 Å². The molecule has 0 amide bonds. The summed E-state index contributed by atoms with van der Waals surface area (Å²) in [7, 11) is -9.88. The van der Waals surface area contributed by atoms with Crippen LogP contribution in [-0.2, 0) is 65.4 Å². The van der Waals surface area contributed by atoms with Gasteiger partial charge >= 0.3 is 39.5 Å². The molecule has 492 valence electrons. The average Bonchev–Trinajstić information content (AvgIpc) is 3.45. The first kappa shape index (κ1) is 81.1. The predicted molar refractivity (Wildman–Crippen MR) is 331 cm³/mol. The normalized spacial score (nSPS) is 14.6. The molecule has 3 N–H and O–H groups in total. The van der Waals surface area contributed by atoms with E-state index in [9.17, 15) is 43.2 Å². The lowest BCUT2D eigenvalue weighted by molar-refractivity contribution is -0.161. The van der Waals surface area contributed by atoms with Crippen LogP contribution in [0.15, 0.2) is 0 Å². The van der Waals surface area contributed by atoms with Gasteiger partial charge in [-0.2, -0.15) is 0 Å². The van der Waals surface area contributed by atoms with Crippen molar-refractivity contribution in [3.63, 3.8) is 0 Å². The molecule has 0 aliphatic carbocycles. The van der Waals surface area contributed by atoms with Gasteiger partial charge in [0, 0.05) is 25.7 Å². The highest BCUT2D eigenvalue weighted by Gasteiger charge is 2.30. The summed E-state index contributed by atoms with van der Waals surface area (Å²) in [5.41, 5.74) is 0. The molecular formula is C64H124O17P2. The molecule has 0 aliphatic heterocycles. The van der Waals surface area contributed by atoms with Crippen LogP contribution in [0.25, 0.3) is 0 Å². The zero-order chi connectivity index (χ0) is 61.5. The molecule has 0 heterocycles. The summed E-state index contributed by atoms with van der Waals surface area (Å²) in [4.78, 5) is 72.0. The van der Waals surface area contributed by atoms with Crippen molar-refractivity contribution < 1.29 is 80.2 Å². The molecule has 3 unspecified atom stereocenters. The largest absolute Gasteiger partial charge is 0.472 e. The Morgan fingerprint density at radius 1 is 0.349 bits per heavy atom. The van der Waals surface area contributed by atoms with Gasteiger partial charge in [0.15, 0.2) is 12.2 Å². The lowest BCUT2D eigenvalue weighted by Gasteiger charge is -2.21. The van der Waals surface area contributed by atoms with E-state index < -0.39 is 97.5 Å². The third-order valence-corrected chi connectivity index (χ3v) is 17.0. The SMILES string of the molecule is CCCCCCCCCCCCCCCCC(=O)OC[C@H](COP(=O)(O)OC[C@@H](O)COP(=O)(O)OC[C@@H](COC(=O)CCCCCCC)OC(=O)CCCCCCCCCC(C)C)OC(=O)CCCCCCCCCCCCC(C)CC. The summed E-state index contributed by atoms with van der Waals surface area (Å²) < 4.78 is 67.8. The fourth-order valence-corrected chi connectivity index (χ4v) is 11.1. The molecule has 0 aliphatic rings. The van der Waals surface area contributed by atoms with E-state index in [1.165, 1.54) is 128 Å². The maximum atomic E-state index is 13.0. The minimum absolute atomic E-state index is 0.102. The fraction of sp³-hybridized carbons (Fsp3) is 0.938. The molecular weight excluding hydrogens is 1100 g/mol. The lowest BCUT2D eigenvalue weighted by atomic mass is 9.99. The van der Waals surface area contributed by atoms with Crippen molar-refractivity contribution in [3.05, 3.63) is 0 Å². The highest BCUT2D eigenvalue weighted by Crippen LogP contribution is 2.45. The van der Waals surface area contributed by atoms with Gasteiger partial charge < -0.3 is 33.8 Å². The number of carbonyl (C=O) groups is 4. The second-order valence-electron chi connectivity index (χ2n) is 23.9. The summed E-state index contributed by atoms with van der Waals surface area (Å²) in [6.45, 7) is 9.37. The summed E-state index contributed by atoms with van der Waals surface area (Å²) in [6.07, 6.45) is 39.3. The number of phosphoric ester groups is 2. The molecule has 83 heavy (non-hydrogen) atoms. The van der Waals surface area contributed by atoms with Gasteiger partial charge in [-0.05, 0) is 37.5 Å². The topological polar surface area (TPSA) is 237 Å². The molecule has 6 atom stereocenters. The van der Waals surface area contributed by atoms with E-state index in [1.807, 2.05) is 0 Å². The van der Waals surface area contributed by atoms with Crippen LogP contribution >= 0.6 is 15.6 Å². The Balaban J connectivity index is 5.18. The third kappa shape index (κ3) is 57.6. The molecule has 0 rings (SSSR count). The molecule has 0 aromatic heterocycles. The molecule has 17 nitrogen and oxygen atoms in total. The van der Waals surface area contributed by atoms with Gasteiger partial charge in [0.25, 0.3) is 0 Å².